The number of pyridine rings is 1. The van der Waals surface area contributed by atoms with Gasteiger partial charge >= 0.3 is 0 Å². The van der Waals surface area contributed by atoms with Crippen LogP contribution >= 0.6 is 0 Å². The molecule has 1 unspecified atom stereocenters. The Hall–Kier alpha value is -1.71. The van der Waals surface area contributed by atoms with Gasteiger partial charge in [-0.2, -0.15) is 0 Å². The zero-order valence-electron chi connectivity index (χ0n) is 13.7. The molecule has 0 amide bonds. The van der Waals surface area contributed by atoms with Crippen LogP contribution in [0.3, 0.4) is 0 Å². The Kier molecular flexibility index (Phi) is 6.18. The minimum atomic E-state index is 0.476. The third kappa shape index (κ3) is 4.88. The molecule has 3 heteroatoms. The number of aromatic nitrogens is 1. The second-order valence-corrected chi connectivity index (χ2v) is 6.19. The maximum absolute atomic E-state index is 5.41. The standard InChI is InChI=1S/C20H26N2O/c1-2-6-18(7-3-1)20(19-9-11-21-12-10-19)8-4-5-13-22-14-16-23-17-15-22/h1-3,6-7,9-12,20H,4-5,8,13-17H2. The lowest BCUT2D eigenvalue weighted by molar-refractivity contribution is 0.0371. The number of hydrogen-bond acceptors (Lipinski definition) is 3. The van der Waals surface area contributed by atoms with E-state index >= 15 is 0 Å². The molecule has 2 heterocycles. The van der Waals surface area contributed by atoms with Gasteiger partial charge in [0.1, 0.15) is 0 Å². The van der Waals surface area contributed by atoms with E-state index in [1.54, 1.807) is 0 Å². The van der Waals surface area contributed by atoms with Gasteiger partial charge in [0.15, 0.2) is 0 Å². The molecule has 0 bridgehead atoms. The predicted octanol–water partition coefficient (Wildman–Crippen LogP) is 3.72. The van der Waals surface area contributed by atoms with Crippen molar-refractivity contribution >= 4 is 0 Å². The van der Waals surface area contributed by atoms with Gasteiger partial charge in [-0.1, -0.05) is 36.8 Å². The summed E-state index contributed by atoms with van der Waals surface area (Å²) in [5.41, 5.74) is 2.78. The van der Waals surface area contributed by atoms with Crippen LogP contribution in [0.15, 0.2) is 54.9 Å². The highest BCUT2D eigenvalue weighted by atomic mass is 16.5. The smallest absolute Gasteiger partial charge is 0.0594 e. The Morgan fingerprint density at radius 1 is 0.913 bits per heavy atom. The van der Waals surface area contributed by atoms with E-state index in [1.165, 1.54) is 36.9 Å². The highest BCUT2D eigenvalue weighted by molar-refractivity contribution is 5.30. The average Bonchev–Trinajstić information content (AvgIpc) is 2.64. The van der Waals surface area contributed by atoms with E-state index in [-0.39, 0.29) is 0 Å². The van der Waals surface area contributed by atoms with E-state index < -0.39 is 0 Å². The largest absolute Gasteiger partial charge is 0.379 e. The van der Waals surface area contributed by atoms with Crippen molar-refractivity contribution in [3.8, 4) is 0 Å². The maximum Gasteiger partial charge on any atom is 0.0594 e. The predicted molar refractivity (Wildman–Crippen MR) is 93.6 cm³/mol. The lowest BCUT2D eigenvalue weighted by atomic mass is 9.87. The minimum absolute atomic E-state index is 0.476. The van der Waals surface area contributed by atoms with Crippen molar-refractivity contribution in [2.45, 2.75) is 25.2 Å². The molecule has 1 aliphatic heterocycles. The van der Waals surface area contributed by atoms with Crippen LogP contribution in [0.2, 0.25) is 0 Å². The number of rotatable bonds is 7. The van der Waals surface area contributed by atoms with Crippen LogP contribution in [0.25, 0.3) is 0 Å². The van der Waals surface area contributed by atoms with Crippen LogP contribution < -0.4 is 0 Å². The zero-order valence-corrected chi connectivity index (χ0v) is 13.7. The summed E-state index contributed by atoms with van der Waals surface area (Å²) in [4.78, 5) is 6.68. The van der Waals surface area contributed by atoms with Crippen molar-refractivity contribution in [3.05, 3.63) is 66.0 Å². The summed E-state index contributed by atoms with van der Waals surface area (Å²) in [7, 11) is 0. The summed E-state index contributed by atoms with van der Waals surface area (Å²) in [5.74, 6) is 0.476. The average molecular weight is 310 g/mol. The maximum atomic E-state index is 5.41. The van der Waals surface area contributed by atoms with Gasteiger partial charge < -0.3 is 4.74 Å². The molecular weight excluding hydrogens is 284 g/mol. The molecule has 3 rings (SSSR count). The number of ether oxygens (including phenoxy) is 1. The van der Waals surface area contributed by atoms with Crippen molar-refractivity contribution in [2.75, 3.05) is 32.8 Å². The minimum Gasteiger partial charge on any atom is -0.379 e. The monoisotopic (exact) mass is 310 g/mol. The molecule has 0 saturated carbocycles. The fourth-order valence-corrected chi connectivity index (χ4v) is 3.32. The Morgan fingerprint density at radius 2 is 1.61 bits per heavy atom. The first-order valence-corrected chi connectivity index (χ1v) is 8.68. The number of hydrogen-bond donors (Lipinski definition) is 0. The first-order chi connectivity index (χ1) is 11.4. The van der Waals surface area contributed by atoms with Crippen LogP contribution in [-0.4, -0.2) is 42.7 Å². The molecule has 23 heavy (non-hydrogen) atoms. The fraction of sp³-hybridized carbons (Fsp3) is 0.450. The summed E-state index contributed by atoms with van der Waals surface area (Å²) in [6.45, 7) is 5.16. The molecule has 1 fully saturated rings. The van der Waals surface area contributed by atoms with E-state index in [1.807, 2.05) is 12.4 Å². The number of morpholine rings is 1. The second kappa shape index (κ2) is 8.80. The molecule has 1 saturated heterocycles. The van der Waals surface area contributed by atoms with E-state index in [2.05, 4.69) is 52.3 Å². The van der Waals surface area contributed by atoms with Gasteiger partial charge in [-0.05, 0) is 42.6 Å². The molecule has 0 radical (unpaired) electrons. The molecule has 0 N–H and O–H groups in total. The van der Waals surface area contributed by atoms with Crippen LogP contribution in [0.1, 0.15) is 36.3 Å². The van der Waals surface area contributed by atoms with E-state index in [0.29, 0.717) is 5.92 Å². The Labute approximate surface area is 139 Å². The van der Waals surface area contributed by atoms with Gasteiger partial charge in [0.05, 0.1) is 13.2 Å². The molecule has 2 aromatic rings. The van der Waals surface area contributed by atoms with Gasteiger partial charge in [-0.15, -0.1) is 0 Å². The highest BCUT2D eigenvalue weighted by Gasteiger charge is 2.14. The second-order valence-electron chi connectivity index (χ2n) is 6.19. The first-order valence-electron chi connectivity index (χ1n) is 8.68. The summed E-state index contributed by atoms with van der Waals surface area (Å²) in [5, 5.41) is 0. The van der Waals surface area contributed by atoms with Crippen molar-refractivity contribution in [2.24, 2.45) is 0 Å². The summed E-state index contributed by atoms with van der Waals surface area (Å²) < 4.78 is 5.41. The Morgan fingerprint density at radius 3 is 2.35 bits per heavy atom. The van der Waals surface area contributed by atoms with Crippen LogP contribution in [0.4, 0.5) is 0 Å². The van der Waals surface area contributed by atoms with Gasteiger partial charge in [-0.25, -0.2) is 0 Å². The van der Waals surface area contributed by atoms with E-state index in [4.69, 9.17) is 4.74 Å². The molecule has 0 aliphatic carbocycles. The molecule has 1 atom stereocenters. The Bertz CT molecular complexity index is 513. The molecule has 0 spiro atoms. The lowest BCUT2D eigenvalue weighted by Gasteiger charge is -2.26. The fourth-order valence-electron chi connectivity index (χ4n) is 3.32. The molecule has 122 valence electrons. The van der Waals surface area contributed by atoms with Crippen molar-refractivity contribution in [1.29, 1.82) is 0 Å². The van der Waals surface area contributed by atoms with Gasteiger partial charge in [-0.3, -0.25) is 9.88 Å². The lowest BCUT2D eigenvalue weighted by Crippen LogP contribution is -2.36. The van der Waals surface area contributed by atoms with Crippen molar-refractivity contribution in [1.82, 2.24) is 9.88 Å². The summed E-state index contributed by atoms with van der Waals surface area (Å²) in [6, 6.07) is 15.2. The highest BCUT2D eigenvalue weighted by Crippen LogP contribution is 2.29. The molecule has 3 nitrogen and oxygen atoms in total. The molecule has 1 aromatic heterocycles. The summed E-state index contributed by atoms with van der Waals surface area (Å²) >= 11 is 0. The quantitative estimate of drug-likeness (QED) is 0.729. The normalized spacial score (nSPS) is 17.0. The van der Waals surface area contributed by atoms with Crippen molar-refractivity contribution < 1.29 is 4.74 Å². The first kappa shape index (κ1) is 16.2. The number of nitrogens with zero attached hydrogens (tertiary/aromatic N) is 2. The van der Waals surface area contributed by atoms with Gasteiger partial charge in [0.25, 0.3) is 0 Å². The number of unbranched alkanes of at least 4 members (excludes halogenated alkanes) is 1. The van der Waals surface area contributed by atoms with Gasteiger partial charge in [0.2, 0.25) is 0 Å². The molecular formula is C20H26N2O. The molecule has 1 aromatic carbocycles. The zero-order chi connectivity index (χ0) is 15.7. The SMILES string of the molecule is c1ccc(C(CCCCN2CCOCC2)c2ccncc2)cc1. The van der Waals surface area contributed by atoms with E-state index in [9.17, 15) is 0 Å². The van der Waals surface area contributed by atoms with Crippen molar-refractivity contribution in [3.63, 3.8) is 0 Å². The summed E-state index contributed by atoms with van der Waals surface area (Å²) in [6.07, 6.45) is 7.50. The van der Waals surface area contributed by atoms with Gasteiger partial charge in [0, 0.05) is 31.4 Å². The third-order valence-corrected chi connectivity index (χ3v) is 4.63. The topological polar surface area (TPSA) is 25.4 Å². The van der Waals surface area contributed by atoms with Crippen LogP contribution in [0.5, 0.6) is 0 Å². The molecule has 1 aliphatic rings. The Balaban J connectivity index is 1.56. The number of benzene rings is 1. The van der Waals surface area contributed by atoms with Crippen LogP contribution in [0, 0.1) is 0 Å². The van der Waals surface area contributed by atoms with Crippen LogP contribution in [-0.2, 0) is 4.74 Å². The van der Waals surface area contributed by atoms with E-state index in [0.717, 1.165) is 26.3 Å². The third-order valence-electron chi connectivity index (χ3n) is 4.63.